The van der Waals surface area contributed by atoms with Gasteiger partial charge >= 0.3 is 0 Å². The Morgan fingerprint density at radius 2 is 1.82 bits per heavy atom. The summed E-state index contributed by atoms with van der Waals surface area (Å²) in [5.74, 6) is -1.54. The standard InChI is InChI=1S/C26H31N5O6S/c1-15(23(28)33)29-24(34)18(10-7-11-27)31-25(35)21(38-26(31)30-17-8-5-4-6-9-17)14-16-12-19(36-2)22(32)20(13-16)37-3/h4-6,8-9,12-15,18,32H,7,10-11,27H2,1-3H3,(H2,28,33)(H,29,34)/t15?,18-/m0/s1. The van der Waals surface area contributed by atoms with E-state index in [2.05, 4.69) is 10.3 Å². The second kappa shape index (κ2) is 13.0. The van der Waals surface area contributed by atoms with Crippen molar-refractivity contribution in [3.8, 4) is 17.2 Å². The lowest BCUT2D eigenvalue weighted by Gasteiger charge is -2.27. The molecule has 1 unspecified atom stereocenters. The van der Waals surface area contributed by atoms with Gasteiger partial charge in [-0.05, 0) is 74.0 Å². The molecule has 0 radical (unpaired) electrons. The number of aliphatic imine (C=N–C) groups is 1. The number of phenols is 1. The zero-order valence-electron chi connectivity index (χ0n) is 21.3. The summed E-state index contributed by atoms with van der Waals surface area (Å²) in [7, 11) is 2.81. The van der Waals surface area contributed by atoms with Crippen LogP contribution in [-0.4, -0.2) is 65.7 Å². The van der Waals surface area contributed by atoms with E-state index in [1.165, 1.54) is 26.0 Å². The number of methoxy groups -OCH3 is 2. The number of aromatic hydroxyl groups is 1. The molecule has 1 aliphatic heterocycles. The molecular weight excluding hydrogens is 510 g/mol. The van der Waals surface area contributed by atoms with Gasteiger partial charge in [0.1, 0.15) is 12.1 Å². The SMILES string of the molecule is COc1cc(C=C2SC(=Nc3ccccc3)N([C@@H](CCCN)C(=O)NC(C)C(N)=O)C2=O)cc(OC)c1O. The van der Waals surface area contributed by atoms with E-state index in [4.69, 9.17) is 20.9 Å². The van der Waals surface area contributed by atoms with Crippen LogP contribution in [0.1, 0.15) is 25.3 Å². The summed E-state index contributed by atoms with van der Waals surface area (Å²) < 4.78 is 10.4. The fraction of sp³-hybridized carbons (Fsp3) is 0.308. The quantitative estimate of drug-likeness (QED) is 0.314. The lowest BCUT2D eigenvalue weighted by Crippen LogP contribution is -2.53. The Morgan fingerprint density at radius 3 is 2.37 bits per heavy atom. The molecule has 6 N–H and O–H groups in total. The summed E-state index contributed by atoms with van der Waals surface area (Å²) in [5, 5.41) is 13.1. The summed E-state index contributed by atoms with van der Waals surface area (Å²) in [6, 6.07) is 10.2. The predicted octanol–water partition coefficient (Wildman–Crippen LogP) is 2.11. The molecule has 3 rings (SSSR count). The smallest absolute Gasteiger partial charge is 0.267 e. The van der Waals surface area contributed by atoms with Crippen molar-refractivity contribution < 1.29 is 29.0 Å². The lowest BCUT2D eigenvalue weighted by atomic mass is 10.1. The zero-order valence-corrected chi connectivity index (χ0v) is 22.2. The van der Waals surface area contributed by atoms with E-state index in [1.807, 2.05) is 18.2 Å². The van der Waals surface area contributed by atoms with E-state index in [0.29, 0.717) is 24.2 Å². The molecule has 2 aromatic carbocycles. The average molecular weight is 542 g/mol. The van der Waals surface area contributed by atoms with Crippen LogP contribution >= 0.6 is 11.8 Å². The van der Waals surface area contributed by atoms with Crippen molar-refractivity contribution in [2.45, 2.75) is 31.8 Å². The van der Waals surface area contributed by atoms with Crippen LogP contribution in [0.2, 0.25) is 0 Å². The first-order valence-electron chi connectivity index (χ1n) is 11.8. The van der Waals surface area contributed by atoms with E-state index >= 15 is 0 Å². The Morgan fingerprint density at radius 1 is 1.18 bits per heavy atom. The van der Waals surface area contributed by atoms with Crippen LogP contribution < -0.4 is 26.3 Å². The number of amidine groups is 1. The Bertz CT molecular complexity index is 1220. The van der Waals surface area contributed by atoms with Crippen LogP contribution in [0, 0.1) is 0 Å². The zero-order chi connectivity index (χ0) is 27.8. The summed E-state index contributed by atoms with van der Waals surface area (Å²) in [4.78, 5) is 44.8. The molecule has 2 atom stereocenters. The molecule has 0 aromatic heterocycles. The van der Waals surface area contributed by atoms with Gasteiger partial charge in [0.2, 0.25) is 17.6 Å². The number of carbonyl (C=O) groups excluding carboxylic acids is 3. The number of ether oxygens (including phenoxy) is 2. The first-order valence-corrected chi connectivity index (χ1v) is 12.6. The molecule has 0 saturated carbocycles. The minimum absolute atomic E-state index is 0.169. The van der Waals surface area contributed by atoms with Crippen molar-refractivity contribution in [2.24, 2.45) is 16.5 Å². The van der Waals surface area contributed by atoms with E-state index in [1.54, 1.807) is 30.3 Å². The van der Waals surface area contributed by atoms with Crippen LogP contribution in [0.3, 0.4) is 0 Å². The summed E-state index contributed by atoms with van der Waals surface area (Å²) in [6.07, 6.45) is 2.28. The number of carbonyl (C=O) groups is 3. The van der Waals surface area contributed by atoms with Gasteiger partial charge in [-0.1, -0.05) is 18.2 Å². The summed E-state index contributed by atoms with van der Waals surface area (Å²) in [6.45, 7) is 1.77. The summed E-state index contributed by atoms with van der Waals surface area (Å²) in [5.41, 5.74) is 12.2. The Kier molecular flexibility index (Phi) is 9.74. The second-order valence-electron chi connectivity index (χ2n) is 8.37. The van der Waals surface area contributed by atoms with Gasteiger partial charge in [-0.2, -0.15) is 0 Å². The van der Waals surface area contributed by atoms with E-state index in [0.717, 1.165) is 11.8 Å². The van der Waals surface area contributed by atoms with Crippen molar-refractivity contribution in [3.63, 3.8) is 0 Å². The molecular formula is C26H31N5O6S. The number of rotatable bonds is 11. The van der Waals surface area contributed by atoms with Crippen LogP contribution in [0.4, 0.5) is 5.69 Å². The molecule has 12 heteroatoms. The maximum absolute atomic E-state index is 13.8. The average Bonchev–Trinajstić information content (AvgIpc) is 3.19. The number of amides is 3. The molecule has 1 fully saturated rings. The molecule has 0 bridgehead atoms. The van der Waals surface area contributed by atoms with Gasteiger partial charge in [0.25, 0.3) is 5.91 Å². The lowest BCUT2D eigenvalue weighted by molar-refractivity contribution is -0.134. The number of nitrogens with one attached hydrogen (secondary N) is 1. The molecule has 2 aromatic rings. The number of phenolic OH excluding ortho intramolecular Hbond substituents is 1. The Labute approximate surface area is 224 Å². The normalized spacial score (nSPS) is 16.9. The molecule has 0 aliphatic carbocycles. The van der Waals surface area contributed by atoms with Gasteiger partial charge in [-0.25, -0.2) is 4.99 Å². The highest BCUT2D eigenvalue weighted by molar-refractivity contribution is 8.18. The monoisotopic (exact) mass is 541 g/mol. The van der Waals surface area contributed by atoms with Crippen molar-refractivity contribution >= 4 is 46.4 Å². The minimum atomic E-state index is -0.988. The second-order valence-corrected chi connectivity index (χ2v) is 9.38. The van der Waals surface area contributed by atoms with Gasteiger partial charge in [0.05, 0.1) is 24.8 Å². The number of hydrogen-bond donors (Lipinski definition) is 4. The van der Waals surface area contributed by atoms with Crippen LogP contribution in [0.25, 0.3) is 6.08 Å². The fourth-order valence-electron chi connectivity index (χ4n) is 3.67. The van der Waals surface area contributed by atoms with Gasteiger partial charge in [-0.3, -0.25) is 19.3 Å². The van der Waals surface area contributed by atoms with E-state index < -0.39 is 29.8 Å². The molecule has 202 valence electrons. The molecule has 38 heavy (non-hydrogen) atoms. The number of benzene rings is 2. The van der Waals surface area contributed by atoms with Crippen LogP contribution in [0.15, 0.2) is 52.4 Å². The summed E-state index contributed by atoms with van der Waals surface area (Å²) >= 11 is 1.09. The maximum atomic E-state index is 13.8. The molecule has 0 spiro atoms. The van der Waals surface area contributed by atoms with Gasteiger partial charge < -0.3 is 31.4 Å². The molecule has 1 heterocycles. The number of nitrogens with zero attached hydrogens (tertiary/aromatic N) is 2. The van der Waals surface area contributed by atoms with E-state index in [-0.39, 0.29) is 33.7 Å². The van der Waals surface area contributed by atoms with Crippen LogP contribution in [-0.2, 0) is 14.4 Å². The van der Waals surface area contributed by atoms with Gasteiger partial charge in [0.15, 0.2) is 16.7 Å². The third-order valence-electron chi connectivity index (χ3n) is 5.70. The number of primary amides is 1. The first kappa shape index (κ1) is 28.5. The van der Waals surface area contributed by atoms with Crippen LogP contribution in [0.5, 0.6) is 17.2 Å². The largest absolute Gasteiger partial charge is 0.502 e. The van der Waals surface area contributed by atoms with Gasteiger partial charge in [-0.15, -0.1) is 0 Å². The number of para-hydroxylation sites is 1. The molecule has 3 amide bonds. The number of thioether (sulfide) groups is 1. The highest BCUT2D eigenvalue weighted by Crippen LogP contribution is 2.40. The first-order chi connectivity index (χ1) is 18.2. The third-order valence-corrected chi connectivity index (χ3v) is 6.68. The fourth-order valence-corrected chi connectivity index (χ4v) is 4.71. The van der Waals surface area contributed by atoms with Crippen molar-refractivity contribution in [1.29, 1.82) is 0 Å². The maximum Gasteiger partial charge on any atom is 0.267 e. The van der Waals surface area contributed by atoms with Crippen molar-refractivity contribution in [3.05, 3.63) is 52.9 Å². The van der Waals surface area contributed by atoms with Gasteiger partial charge in [0, 0.05) is 0 Å². The molecule has 11 nitrogen and oxygen atoms in total. The molecule has 1 saturated heterocycles. The molecule has 1 aliphatic rings. The topological polar surface area (TPSA) is 170 Å². The number of hydrogen-bond acceptors (Lipinski definition) is 9. The van der Waals surface area contributed by atoms with Crippen molar-refractivity contribution in [1.82, 2.24) is 10.2 Å². The highest BCUT2D eigenvalue weighted by atomic mass is 32.2. The van der Waals surface area contributed by atoms with E-state index in [9.17, 15) is 19.5 Å². The Balaban J connectivity index is 2.09. The predicted molar refractivity (Wildman–Crippen MR) is 146 cm³/mol. The number of nitrogens with two attached hydrogens (primary N) is 2. The minimum Gasteiger partial charge on any atom is -0.502 e. The highest BCUT2D eigenvalue weighted by Gasteiger charge is 2.41. The van der Waals surface area contributed by atoms with Crippen molar-refractivity contribution in [2.75, 3.05) is 20.8 Å². The third kappa shape index (κ3) is 6.64. The Hall–Kier alpha value is -4.03.